The Kier molecular flexibility index (Phi) is 3.88. The summed E-state index contributed by atoms with van der Waals surface area (Å²) in [5.74, 6) is 0.279. The molecule has 0 spiro atoms. The van der Waals surface area contributed by atoms with Crippen LogP contribution in [-0.4, -0.2) is 39.2 Å². The first-order valence-corrected chi connectivity index (χ1v) is 8.79. The van der Waals surface area contributed by atoms with Crippen molar-refractivity contribution in [2.75, 3.05) is 6.54 Å². The number of carbonyl (C=O) groups excluding carboxylic acids is 1. The Labute approximate surface area is 142 Å². The number of aromatic nitrogens is 2. The van der Waals surface area contributed by atoms with Crippen molar-refractivity contribution in [3.8, 4) is 5.69 Å². The van der Waals surface area contributed by atoms with Gasteiger partial charge in [0.1, 0.15) is 0 Å². The molecule has 1 atom stereocenters. The van der Waals surface area contributed by atoms with Gasteiger partial charge in [0.2, 0.25) is 5.91 Å². The van der Waals surface area contributed by atoms with E-state index in [0.717, 1.165) is 30.0 Å². The molecule has 2 fully saturated rings. The predicted molar refractivity (Wildman–Crippen MR) is 93.0 cm³/mol. The summed E-state index contributed by atoms with van der Waals surface area (Å²) in [4.78, 5) is 14.5. The van der Waals surface area contributed by atoms with E-state index < -0.39 is 0 Å². The van der Waals surface area contributed by atoms with Gasteiger partial charge in [-0.3, -0.25) is 4.79 Å². The molecule has 1 aliphatic heterocycles. The topological polar surface area (TPSA) is 50.2 Å². The highest BCUT2D eigenvalue weighted by Crippen LogP contribution is 2.30. The van der Waals surface area contributed by atoms with Crippen LogP contribution in [0.3, 0.4) is 0 Å². The van der Waals surface area contributed by atoms with E-state index in [1.54, 1.807) is 0 Å². The van der Waals surface area contributed by atoms with Crippen LogP contribution in [0.25, 0.3) is 5.69 Å². The Hall–Kier alpha value is -2.14. The zero-order valence-electron chi connectivity index (χ0n) is 14.3. The summed E-state index contributed by atoms with van der Waals surface area (Å²) in [6.07, 6.45) is 3.27. The van der Waals surface area contributed by atoms with Crippen LogP contribution in [-0.2, 0) is 11.3 Å². The molecule has 1 amide bonds. The summed E-state index contributed by atoms with van der Waals surface area (Å²) < 4.78 is 1.99. The van der Waals surface area contributed by atoms with Crippen LogP contribution in [0.1, 0.15) is 36.2 Å². The van der Waals surface area contributed by atoms with Gasteiger partial charge in [0.15, 0.2) is 0 Å². The molecule has 1 aromatic heterocycles. The van der Waals surface area contributed by atoms with Crippen molar-refractivity contribution in [3.63, 3.8) is 0 Å². The minimum Gasteiger partial charge on any atom is -0.338 e. The van der Waals surface area contributed by atoms with Crippen LogP contribution < -0.4 is 5.32 Å². The van der Waals surface area contributed by atoms with Crippen molar-refractivity contribution in [1.29, 1.82) is 0 Å². The normalized spacial score (nSPS) is 20.8. The molecule has 2 aromatic rings. The molecule has 126 valence electrons. The van der Waals surface area contributed by atoms with E-state index in [-0.39, 0.29) is 11.9 Å². The third kappa shape index (κ3) is 2.84. The SMILES string of the molecule is Cc1cc(C)n(-c2ccccc2CNC2CCN(C3CC3)C2=O)n1. The maximum atomic E-state index is 12.5. The molecule has 1 aliphatic carbocycles. The quantitative estimate of drug-likeness (QED) is 0.918. The van der Waals surface area contributed by atoms with Crippen molar-refractivity contribution in [2.24, 2.45) is 0 Å². The maximum Gasteiger partial charge on any atom is 0.240 e. The molecule has 1 saturated heterocycles. The highest BCUT2D eigenvalue weighted by Gasteiger charge is 2.40. The first-order chi connectivity index (χ1) is 11.6. The summed E-state index contributed by atoms with van der Waals surface area (Å²) in [5.41, 5.74) is 4.39. The van der Waals surface area contributed by atoms with Gasteiger partial charge in [0.25, 0.3) is 0 Å². The number of aryl methyl sites for hydroxylation is 2. The summed E-state index contributed by atoms with van der Waals surface area (Å²) in [7, 11) is 0. The first kappa shape index (κ1) is 15.4. The van der Waals surface area contributed by atoms with E-state index in [9.17, 15) is 4.79 Å². The molecule has 1 saturated carbocycles. The van der Waals surface area contributed by atoms with Crippen LogP contribution in [0.2, 0.25) is 0 Å². The minimum absolute atomic E-state index is 0.0425. The summed E-state index contributed by atoms with van der Waals surface area (Å²) in [6, 6.07) is 10.8. The number of rotatable bonds is 5. The van der Waals surface area contributed by atoms with E-state index in [1.165, 1.54) is 18.4 Å². The van der Waals surface area contributed by atoms with Gasteiger partial charge in [-0.2, -0.15) is 5.10 Å². The van der Waals surface area contributed by atoms with Gasteiger partial charge in [-0.15, -0.1) is 0 Å². The summed E-state index contributed by atoms with van der Waals surface area (Å²) in [5, 5.41) is 8.06. The van der Waals surface area contributed by atoms with Gasteiger partial charge in [-0.05, 0) is 50.8 Å². The summed E-state index contributed by atoms with van der Waals surface area (Å²) >= 11 is 0. The number of hydrogen-bond acceptors (Lipinski definition) is 3. The van der Waals surface area contributed by atoms with Gasteiger partial charge >= 0.3 is 0 Å². The monoisotopic (exact) mass is 324 g/mol. The molecule has 1 aromatic carbocycles. The van der Waals surface area contributed by atoms with Crippen LogP contribution in [0.4, 0.5) is 0 Å². The zero-order chi connectivity index (χ0) is 16.7. The lowest BCUT2D eigenvalue weighted by Crippen LogP contribution is -2.38. The number of nitrogens with one attached hydrogen (secondary N) is 1. The molecule has 0 radical (unpaired) electrons. The lowest BCUT2D eigenvalue weighted by atomic mass is 10.1. The summed E-state index contributed by atoms with van der Waals surface area (Å²) in [6.45, 7) is 5.66. The van der Waals surface area contributed by atoms with Crippen molar-refractivity contribution >= 4 is 5.91 Å². The zero-order valence-corrected chi connectivity index (χ0v) is 14.3. The fraction of sp³-hybridized carbons (Fsp3) is 0.474. The number of carbonyl (C=O) groups is 1. The highest BCUT2D eigenvalue weighted by atomic mass is 16.2. The van der Waals surface area contributed by atoms with E-state index >= 15 is 0 Å². The number of nitrogens with zero attached hydrogens (tertiary/aromatic N) is 3. The molecule has 1 N–H and O–H groups in total. The highest BCUT2D eigenvalue weighted by molar-refractivity contribution is 5.84. The molecular weight excluding hydrogens is 300 g/mol. The van der Waals surface area contributed by atoms with Crippen LogP contribution in [0, 0.1) is 13.8 Å². The molecule has 0 bridgehead atoms. The Morgan fingerprint density at radius 2 is 2.00 bits per heavy atom. The Morgan fingerprint density at radius 1 is 1.21 bits per heavy atom. The number of amides is 1. The molecule has 4 rings (SSSR count). The van der Waals surface area contributed by atoms with Crippen LogP contribution >= 0.6 is 0 Å². The minimum atomic E-state index is -0.0425. The van der Waals surface area contributed by atoms with Crippen molar-refractivity contribution < 1.29 is 4.79 Å². The van der Waals surface area contributed by atoms with E-state index in [2.05, 4.69) is 40.4 Å². The first-order valence-electron chi connectivity index (χ1n) is 8.79. The maximum absolute atomic E-state index is 12.5. The second-order valence-electron chi connectivity index (χ2n) is 6.95. The smallest absolute Gasteiger partial charge is 0.240 e. The Balaban J connectivity index is 1.49. The standard InChI is InChI=1S/C19H24N4O/c1-13-11-14(2)23(21-13)18-6-4-3-5-15(18)12-20-17-9-10-22(19(17)24)16-7-8-16/h3-6,11,16-17,20H,7-10,12H2,1-2H3. The van der Waals surface area contributed by atoms with Crippen molar-refractivity contribution in [2.45, 2.75) is 51.7 Å². The lowest BCUT2D eigenvalue weighted by Gasteiger charge is -2.17. The third-order valence-electron chi connectivity index (χ3n) is 5.00. The van der Waals surface area contributed by atoms with Gasteiger partial charge in [0.05, 0.1) is 17.4 Å². The number of hydrogen-bond donors (Lipinski definition) is 1. The van der Waals surface area contributed by atoms with Gasteiger partial charge in [0, 0.05) is 24.8 Å². The van der Waals surface area contributed by atoms with E-state index in [0.29, 0.717) is 12.6 Å². The predicted octanol–water partition coefficient (Wildman–Crippen LogP) is 2.34. The van der Waals surface area contributed by atoms with Gasteiger partial charge in [-0.1, -0.05) is 18.2 Å². The second-order valence-corrected chi connectivity index (χ2v) is 6.95. The third-order valence-corrected chi connectivity index (χ3v) is 5.00. The largest absolute Gasteiger partial charge is 0.338 e. The van der Waals surface area contributed by atoms with Gasteiger partial charge in [-0.25, -0.2) is 4.68 Å². The molecule has 1 unspecified atom stereocenters. The number of likely N-dealkylation sites (tertiary alicyclic amines) is 1. The number of para-hydroxylation sites is 1. The molecule has 24 heavy (non-hydrogen) atoms. The fourth-order valence-electron chi connectivity index (χ4n) is 3.61. The Bertz CT molecular complexity index is 762. The molecule has 2 heterocycles. The molecule has 5 heteroatoms. The van der Waals surface area contributed by atoms with Crippen LogP contribution in [0.5, 0.6) is 0 Å². The Morgan fingerprint density at radius 3 is 2.71 bits per heavy atom. The van der Waals surface area contributed by atoms with Crippen LogP contribution in [0.15, 0.2) is 30.3 Å². The molecule has 5 nitrogen and oxygen atoms in total. The molecule has 2 aliphatic rings. The fourth-order valence-corrected chi connectivity index (χ4v) is 3.61. The second kappa shape index (κ2) is 6.06. The number of benzene rings is 1. The van der Waals surface area contributed by atoms with Crippen molar-refractivity contribution in [3.05, 3.63) is 47.3 Å². The van der Waals surface area contributed by atoms with E-state index in [1.807, 2.05) is 23.7 Å². The molecular formula is C19H24N4O. The lowest BCUT2D eigenvalue weighted by molar-refractivity contribution is -0.129. The average molecular weight is 324 g/mol. The van der Waals surface area contributed by atoms with Gasteiger partial charge < -0.3 is 10.2 Å². The van der Waals surface area contributed by atoms with E-state index in [4.69, 9.17) is 0 Å². The van der Waals surface area contributed by atoms with Crippen molar-refractivity contribution in [1.82, 2.24) is 20.0 Å². The average Bonchev–Trinajstić information content (AvgIpc) is 3.26.